The number of carbonyl (C=O) groups excluding carboxylic acids is 1. The molecular weight excluding hydrogens is 228 g/mol. The number of alkyl carbamates (subject to hydrolysis) is 1. The Morgan fingerprint density at radius 3 is 2.33 bits per heavy atom. The van der Waals surface area contributed by atoms with Crippen LogP contribution in [0.1, 0.15) is 47.5 Å². The number of hydrogen-bond donors (Lipinski definition) is 1. The maximum absolute atomic E-state index is 11.4. The quantitative estimate of drug-likeness (QED) is 0.691. The van der Waals surface area contributed by atoms with Crippen LogP contribution in [0.25, 0.3) is 0 Å². The molecule has 0 radical (unpaired) electrons. The van der Waals surface area contributed by atoms with Gasteiger partial charge < -0.3 is 15.0 Å². The second-order valence-electron chi connectivity index (χ2n) is 5.21. The van der Waals surface area contributed by atoms with Gasteiger partial charge in [0.25, 0.3) is 0 Å². The summed E-state index contributed by atoms with van der Waals surface area (Å²) in [6, 6.07) is 0.181. The molecule has 4 nitrogen and oxygen atoms in total. The molecule has 0 aromatic heterocycles. The minimum absolute atomic E-state index is 0.181. The fourth-order valence-electron chi connectivity index (χ4n) is 1.72. The number of carbonyl (C=O) groups is 1. The highest BCUT2D eigenvalue weighted by Crippen LogP contribution is 2.00. The zero-order chi connectivity index (χ0) is 14.0. The summed E-state index contributed by atoms with van der Waals surface area (Å²) in [6.07, 6.45) is 1.81. The lowest BCUT2D eigenvalue weighted by molar-refractivity contribution is 0.129. The minimum Gasteiger partial charge on any atom is -0.449 e. The van der Waals surface area contributed by atoms with Crippen molar-refractivity contribution in [1.82, 2.24) is 10.2 Å². The Kier molecular flexibility index (Phi) is 9.74. The molecular formula is C14H30N2O2. The van der Waals surface area contributed by atoms with Crippen LogP contribution in [0.3, 0.4) is 0 Å². The molecule has 0 aliphatic carbocycles. The third-order valence-electron chi connectivity index (χ3n) is 2.92. The van der Waals surface area contributed by atoms with Crippen LogP contribution in [0.4, 0.5) is 4.79 Å². The maximum Gasteiger partial charge on any atom is 0.407 e. The number of ether oxygens (including phenoxy) is 1. The van der Waals surface area contributed by atoms with Crippen molar-refractivity contribution in [2.75, 3.05) is 26.2 Å². The SMILES string of the molecule is CCN(CC)CCC[C@@H](C)NC(=O)OCC(C)C. The van der Waals surface area contributed by atoms with Gasteiger partial charge in [0.1, 0.15) is 0 Å². The zero-order valence-electron chi connectivity index (χ0n) is 12.7. The summed E-state index contributed by atoms with van der Waals surface area (Å²) in [7, 11) is 0. The number of amides is 1. The molecule has 0 aliphatic heterocycles. The maximum atomic E-state index is 11.4. The van der Waals surface area contributed by atoms with E-state index in [-0.39, 0.29) is 12.1 Å². The molecule has 0 unspecified atom stereocenters. The molecule has 0 fully saturated rings. The van der Waals surface area contributed by atoms with E-state index in [0.29, 0.717) is 12.5 Å². The fraction of sp³-hybridized carbons (Fsp3) is 0.929. The van der Waals surface area contributed by atoms with Crippen LogP contribution in [0.2, 0.25) is 0 Å². The predicted molar refractivity (Wildman–Crippen MR) is 75.8 cm³/mol. The molecule has 108 valence electrons. The first kappa shape index (κ1) is 17.2. The second kappa shape index (κ2) is 10.2. The van der Waals surface area contributed by atoms with Gasteiger partial charge in [-0.1, -0.05) is 27.7 Å². The second-order valence-corrected chi connectivity index (χ2v) is 5.21. The summed E-state index contributed by atoms with van der Waals surface area (Å²) in [4.78, 5) is 13.8. The molecule has 18 heavy (non-hydrogen) atoms. The van der Waals surface area contributed by atoms with E-state index in [1.807, 2.05) is 20.8 Å². The summed E-state index contributed by atoms with van der Waals surface area (Å²) >= 11 is 0. The summed E-state index contributed by atoms with van der Waals surface area (Å²) < 4.78 is 5.08. The third-order valence-corrected chi connectivity index (χ3v) is 2.92. The van der Waals surface area contributed by atoms with E-state index < -0.39 is 0 Å². The molecule has 0 spiro atoms. The molecule has 1 amide bonds. The highest BCUT2D eigenvalue weighted by Gasteiger charge is 2.09. The highest BCUT2D eigenvalue weighted by atomic mass is 16.5. The predicted octanol–water partition coefficient (Wildman–Crippen LogP) is 2.88. The molecule has 0 bridgehead atoms. The summed E-state index contributed by atoms with van der Waals surface area (Å²) in [5.41, 5.74) is 0. The molecule has 0 saturated carbocycles. The first-order valence-corrected chi connectivity index (χ1v) is 7.15. The van der Waals surface area contributed by atoms with Crippen LogP contribution in [0, 0.1) is 5.92 Å². The van der Waals surface area contributed by atoms with Gasteiger partial charge in [-0.2, -0.15) is 0 Å². The first-order chi connectivity index (χ1) is 8.49. The number of nitrogens with one attached hydrogen (secondary N) is 1. The van der Waals surface area contributed by atoms with E-state index in [0.717, 1.165) is 32.5 Å². The zero-order valence-corrected chi connectivity index (χ0v) is 12.7. The van der Waals surface area contributed by atoms with Gasteiger partial charge in [0.2, 0.25) is 0 Å². The topological polar surface area (TPSA) is 41.6 Å². The van der Waals surface area contributed by atoms with Crippen LogP contribution in [-0.4, -0.2) is 43.3 Å². The van der Waals surface area contributed by atoms with Gasteiger partial charge in [-0.05, 0) is 45.3 Å². The van der Waals surface area contributed by atoms with E-state index in [1.54, 1.807) is 0 Å². The van der Waals surface area contributed by atoms with E-state index in [9.17, 15) is 4.79 Å². The van der Waals surface area contributed by atoms with Crippen molar-refractivity contribution in [2.24, 2.45) is 5.92 Å². The Labute approximate surface area is 112 Å². The van der Waals surface area contributed by atoms with Crippen LogP contribution < -0.4 is 5.32 Å². The number of rotatable bonds is 9. The van der Waals surface area contributed by atoms with Crippen molar-refractivity contribution < 1.29 is 9.53 Å². The van der Waals surface area contributed by atoms with Crippen molar-refractivity contribution in [1.29, 1.82) is 0 Å². The Hall–Kier alpha value is -0.770. The third kappa shape index (κ3) is 9.28. The smallest absolute Gasteiger partial charge is 0.407 e. The summed E-state index contributed by atoms with van der Waals surface area (Å²) in [6.45, 7) is 14.2. The van der Waals surface area contributed by atoms with Crippen molar-refractivity contribution >= 4 is 6.09 Å². The van der Waals surface area contributed by atoms with Gasteiger partial charge in [0.15, 0.2) is 0 Å². The molecule has 0 rings (SSSR count). The van der Waals surface area contributed by atoms with Crippen LogP contribution >= 0.6 is 0 Å². The normalized spacial score (nSPS) is 12.8. The minimum atomic E-state index is -0.293. The Morgan fingerprint density at radius 1 is 1.22 bits per heavy atom. The van der Waals surface area contributed by atoms with E-state index in [4.69, 9.17) is 4.74 Å². The van der Waals surface area contributed by atoms with Crippen LogP contribution in [-0.2, 0) is 4.74 Å². The Bertz CT molecular complexity index is 216. The van der Waals surface area contributed by atoms with E-state index in [1.165, 1.54) is 0 Å². The van der Waals surface area contributed by atoms with Gasteiger partial charge >= 0.3 is 6.09 Å². The first-order valence-electron chi connectivity index (χ1n) is 7.15. The fourth-order valence-corrected chi connectivity index (χ4v) is 1.72. The molecule has 0 aromatic carbocycles. The van der Waals surface area contributed by atoms with Gasteiger partial charge in [-0.25, -0.2) is 4.79 Å². The van der Waals surface area contributed by atoms with Crippen LogP contribution in [0.15, 0.2) is 0 Å². The average molecular weight is 258 g/mol. The van der Waals surface area contributed by atoms with Gasteiger partial charge in [0, 0.05) is 6.04 Å². The van der Waals surface area contributed by atoms with Crippen molar-refractivity contribution in [3.05, 3.63) is 0 Å². The van der Waals surface area contributed by atoms with Crippen LogP contribution in [0.5, 0.6) is 0 Å². The van der Waals surface area contributed by atoms with Gasteiger partial charge in [-0.15, -0.1) is 0 Å². The molecule has 0 aromatic rings. The van der Waals surface area contributed by atoms with Crippen molar-refractivity contribution in [2.45, 2.75) is 53.5 Å². The van der Waals surface area contributed by atoms with Crippen molar-refractivity contribution in [3.63, 3.8) is 0 Å². The average Bonchev–Trinajstić information content (AvgIpc) is 2.32. The Balaban J connectivity index is 3.63. The molecule has 0 aliphatic rings. The van der Waals surface area contributed by atoms with Gasteiger partial charge in [-0.3, -0.25) is 0 Å². The van der Waals surface area contributed by atoms with E-state index >= 15 is 0 Å². The largest absolute Gasteiger partial charge is 0.449 e. The summed E-state index contributed by atoms with van der Waals surface area (Å²) in [5, 5.41) is 2.87. The highest BCUT2D eigenvalue weighted by molar-refractivity contribution is 5.67. The van der Waals surface area contributed by atoms with E-state index in [2.05, 4.69) is 24.1 Å². The number of nitrogens with zero attached hydrogens (tertiary/aromatic N) is 1. The number of hydrogen-bond acceptors (Lipinski definition) is 3. The molecule has 1 N–H and O–H groups in total. The molecule has 0 saturated heterocycles. The molecule has 1 atom stereocenters. The monoisotopic (exact) mass is 258 g/mol. The summed E-state index contributed by atoms with van der Waals surface area (Å²) in [5.74, 6) is 0.383. The lowest BCUT2D eigenvalue weighted by Gasteiger charge is -2.19. The lowest BCUT2D eigenvalue weighted by atomic mass is 10.2. The Morgan fingerprint density at radius 2 is 1.83 bits per heavy atom. The van der Waals surface area contributed by atoms with Crippen molar-refractivity contribution in [3.8, 4) is 0 Å². The molecule has 4 heteroatoms. The van der Waals surface area contributed by atoms with Gasteiger partial charge in [0.05, 0.1) is 6.61 Å². The molecule has 0 heterocycles. The standard InChI is InChI=1S/C14H30N2O2/c1-6-16(7-2)10-8-9-13(5)15-14(17)18-11-12(3)4/h12-13H,6-11H2,1-5H3,(H,15,17)/t13-/m1/s1. The lowest BCUT2D eigenvalue weighted by Crippen LogP contribution is -2.34.